The maximum atomic E-state index is 11.9. The lowest BCUT2D eigenvalue weighted by Crippen LogP contribution is -2.21. The average Bonchev–Trinajstić information content (AvgIpc) is 2.48. The van der Waals surface area contributed by atoms with Crippen LogP contribution < -0.4 is 0 Å². The van der Waals surface area contributed by atoms with Gasteiger partial charge in [0.05, 0.1) is 5.51 Å². The van der Waals surface area contributed by atoms with Crippen molar-refractivity contribution >= 4 is 17.1 Å². The van der Waals surface area contributed by atoms with Gasteiger partial charge in [0.2, 0.25) is 0 Å². The van der Waals surface area contributed by atoms with E-state index in [9.17, 15) is 4.79 Å². The monoisotopic (exact) mass is 197 g/mol. The summed E-state index contributed by atoms with van der Waals surface area (Å²) in [5.74, 6) is 0.144. The molecule has 2 nitrogen and oxygen atoms in total. The van der Waals surface area contributed by atoms with Crippen molar-refractivity contribution in [3.8, 4) is 0 Å². The molecule has 1 heterocycles. The number of aromatic nitrogens is 1. The van der Waals surface area contributed by atoms with Crippen LogP contribution >= 0.6 is 11.3 Å². The number of ketones is 1. The van der Waals surface area contributed by atoms with Gasteiger partial charge in [0.15, 0.2) is 5.78 Å². The quantitative estimate of drug-likeness (QED) is 0.682. The number of Topliss-reactive ketones (excluding diaryl/α,β-unsaturated/α-hetero) is 1. The fraction of sp³-hybridized carbons (Fsp3) is 0.600. The Morgan fingerprint density at radius 2 is 2.15 bits per heavy atom. The van der Waals surface area contributed by atoms with E-state index in [1.807, 2.05) is 27.7 Å². The van der Waals surface area contributed by atoms with E-state index in [0.29, 0.717) is 5.69 Å². The van der Waals surface area contributed by atoms with Gasteiger partial charge in [-0.25, -0.2) is 4.98 Å². The summed E-state index contributed by atoms with van der Waals surface area (Å²) in [6.45, 7) is 7.82. The Morgan fingerprint density at radius 3 is 2.62 bits per heavy atom. The van der Waals surface area contributed by atoms with Crippen molar-refractivity contribution in [2.75, 3.05) is 0 Å². The highest BCUT2D eigenvalue weighted by atomic mass is 32.1. The molecule has 0 radical (unpaired) electrons. The largest absolute Gasteiger partial charge is 0.292 e. The molecule has 13 heavy (non-hydrogen) atoms. The van der Waals surface area contributed by atoms with Crippen LogP contribution in [0.4, 0.5) is 0 Å². The van der Waals surface area contributed by atoms with Gasteiger partial charge in [-0.2, -0.15) is 0 Å². The topological polar surface area (TPSA) is 30.0 Å². The predicted octanol–water partition coefficient (Wildman–Crippen LogP) is 2.93. The van der Waals surface area contributed by atoms with Crippen molar-refractivity contribution < 1.29 is 4.79 Å². The van der Waals surface area contributed by atoms with Gasteiger partial charge in [-0.3, -0.25) is 4.79 Å². The summed E-state index contributed by atoms with van der Waals surface area (Å²) in [4.78, 5) is 17.1. The van der Waals surface area contributed by atoms with Gasteiger partial charge in [-0.05, 0) is 6.42 Å². The molecule has 0 amide bonds. The van der Waals surface area contributed by atoms with Crippen LogP contribution in [0.2, 0.25) is 0 Å². The summed E-state index contributed by atoms with van der Waals surface area (Å²) in [7, 11) is 0. The fourth-order valence-electron chi connectivity index (χ4n) is 1.06. The maximum Gasteiger partial charge on any atom is 0.187 e. The summed E-state index contributed by atoms with van der Waals surface area (Å²) in [5, 5.41) is 0. The zero-order valence-corrected chi connectivity index (χ0v) is 9.36. The number of carbonyl (C=O) groups is 1. The highest BCUT2D eigenvalue weighted by molar-refractivity contribution is 7.09. The zero-order valence-electron chi connectivity index (χ0n) is 8.55. The molecule has 0 aliphatic heterocycles. The van der Waals surface area contributed by atoms with E-state index in [1.165, 1.54) is 0 Å². The predicted molar refractivity (Wildman–Crippen MR) is 55.3 cm³/mol. The molecule has 0 spiro atoms. The molecule has 0 bridgehead atoms. The second-order valence-electron chi connectivity index (χ2n) is 4.06. The van der Waals surface area contributed by atoms with E-state index >= 15 is 0 Å². The van der Waals surface area contributed by atoms with Crippen LogP contribution in [0.5, 0.6) is 0 Å². The van der Waals surface area contributed by atoms with Crippen molar-refractivity contribution in [1.29, 1.82) is 0 Å². The van der Waals surface area contributed by atoms with Crippen LogP contribution in [0.25, 0.3) is 0 Å². The van der Waals surface area contributed by atoms with Crippen molar-refractivity contribution in [1.82, 2.24) is 4.98 Å². The SMILES string of the molecule is CCc1scnc1C(=O)C(C)(C)C. The number of hydrogen-bond donors (Lipinski definition) is 0. The molecule has 0 saturated carbocycles. The van der Waals surface area contributed by atoms with Crippen molar-refractivity contribution in [2.45, 2.75) is 34.1 Å². The zero-order chi connectivity index (χ0) is 10.1. The molecule has 0 saturated heterocycles. The molecule has 1 aromatic rings. The Labute approximate surface area is 83.0 Å². The first-order valence-electron chi connectivity index (χ1n) is 4.44. The smallest absolute Gasteiger partial charge is 0.187 e. The number of aryl methyl sites for hydroxylation is 1. The van der Waals surface area contributed by atoms with Crippen LogP contribution in [0.3, 0.4) is 0 Å². The Hall–Kier alpha value is -0.700. The second-order valence-corrected chi connectivity index (χ2v) is 5.00. The van der Waals surface area contributed by atoms with Gasteiger partial charge in [0.1, 0.15) is 5.69 Å². The molecule has 0 atom stereocenters. The third-order valence-corrected chi connectivity index (χ3v) is 2.84. The molecule has 0 N–H and O–H groups in total. The molecule has 3 heteroatoms. The van der Waals surface area contributed by atoms with E-state index in [0.717, 1.165) is 11.3 Å². The van der Waals surface area contributed by atoms with Crippen molar-refractivity contribution in [3.05, 3.63) is 16.1 Å². The molecule has 0 aromatic carbocycles. The fourth-order valence-corrected chi connectivity index (χ4v) is 1.77. The second kappa shape index (κ2) is 3.58. The van der Waals surface area contributed by atoms with Crippen LogP contribution in [-0.4, -0.2) is 10.8 Å². The van der Waals surface area contributed by atoms with E-state index in [2.05, 4.69) is 4.98 Å². The maximum absolute atomic E-state index is 11.9. The first-order chi connectivity index (χ1) is 5.96. The Kier molecular flexibility index (Phi) is 2.86. The molecular formula is C10H15NOS. The van der Waals surface area contributed by atoms with Crippen molar-refractivity contribution in [2.24, 2.45) is 5.41 Å². The third-order valence-electron chi connectivity index (χ3n) is 1.86. The standard InChI is InChI=1S/C10H15NOS/c1-5-7-8(11-6-13-7)9(12)10(2,3)4/h6H,5H2,1-4H3. The van der Waals surface area contributed by atoms with Crippen molar-refractivity contribution in [3.63, 3.8) is 0 Å². The Balaban J connectivity index is 3.02. The van der Waals surface area contributed by atoms with Gasteiger partial charge in [-0.15, -0.1) is 11.3 Å². The third kappa shape index (κ3) is 2.15. The van der Waals surface area contributed by atoms with E-state index in [4.69, 9.17) is 0 Å². The summed E-state index contributed by atoms with van der Waals surface area (Å²) in [6, 6.07) is 0. The van der Waals surface area contributed by atoms with Crippen LogP contribution in [0.1, 0.15) is 43.1 Å². The van der Waals surface area contributed by atoms with Gasteiger partial charge in [0, 0.05) is 10.3 Å². The van der Waals surface area contributed by atoms with Crippen LogP contribution in [-0.2, 0) is 6.42 Å². The summed E-state index contributed by atoms with van der Waals surface area (Å²) in [6.07, 6.45) is 0.891. The molecule has 1 rings (SSSR count). The molecule has 1 aromatic heterocycles. The lowest BCUT2D eigenvalue weighted by atomic mass is 9.88. The van der Waals surface area contributed by atoms with E-state index in [-0.39, 0.29) is 11.2 Å². The van der Waals surface area contributed by atoms with Crippen LogP contribution in [0.15, 0.2) is 5.51 Å². The van der Waals surface area contributed by atoms with Gasteiger partial charge >= 0.3 is 0 Å². The molecule has 0 unspecified atom stereocenters. The minimum atomic E-state index is -0.321. The summed E-state index contributed by atoms with van der Waals surface area (Å²) >= 11 is 1.56. The molecule has 72 valence electrons. The minimum Gasteiger partial charge on any atom is -0.292 e. The van der Waals surface area contributed by atoms with Gasteiger partial charge in [0.25, 0.3) is 0 Å². The highest BCUT2D eigenvalue weighted by Crippen LogP contribution is 2.24. The lowest BCUT2D eigenvalue weighted by Gasteiger charge is -2.15. The lowest BCUT2D eigenvalue weighted by molar-refractivity contribution is 0.0852. The van der Waals surface area contributed by atoms with E-state index in [1.54, 1.807) is 16.8 Å². The Morgan fingerprint density at radius 1 is 1.54 bits per heavy atom. The number of nitrogens with zero attached hydrogens (tertiary/aromatic N) is 1. The van der Waals surface area contributed by atoms with E-state index < -0.39 is 0 Å². The number of thiazole rings is 1. The molecule has 0 aliphatic carbocycles. The molecule has 0 fully saturated rings. The first kappa shape index (κ1) is 10.4. The molecular weight excluding hydrogens is 182 g/mol. The number of carbonyl (C=O) groups excluding carboxylic acids is 1. The highest BCUT2D eigenvalue weighted by Gasteiger charge is 2.26. The number of hydrogen-bond acceptors (Lipinski definition) is 3. The van der Waals surface area contributed by atoms with Gasteiger partial charge in [-0.1, -0.05) is 27.7 Å². The summed E-state index contributed by atoms with van der Waals surface area (Å²) < 4.78 is 0. The minimum absolute atomic E-state index is 0.144. The van der Waals surface area contributed by atoms with Crippen LogP contribution in [0, 0.1) is 5.41 Å². The van der Waals surface area contributed by atoms with Gasteiger partial charge < -0.3 is 0 Å². The summed E-state index contributed by atoms with van der Waals surface area (Å²) in [5.41, 5.74) is 2.09. The normalized spacial score (nSPS) is 11.7. The molecule has 0 aliphatic rings. The number of rotatable bonds is 2. The first-order valence-corrected chi connectivity index (χ1v) is 5.32. The Bertz CT molecular complexity index is 309. The average molecular weight is 197 g/mol.